The second-order valence-corrected chi connectivity index (χ2v) is 3.68. The lowest BCUT2D eigenvalue weighted by atomic mass is 9.81. The fourth-order valence-corrected chi connectivity index (χ4v) is 2.06. The average molecular weight is 244 g/mol. The van der Waals surface area contributed by atoms with E-state index in [4.69, 9.17) is 43.5 Å². The van der Waals surface area contributed by atoms with Crippen molar-refractivity contribution in [2.45, 2.75) is 30.3 Å². The summed E-state index contributed by atoms with van der Waals surface area (Å²) < 4.78 is 21.0. The summed E-state index contributed by atoms with van der Waals surface area (Å²) in [5.41, 5.74) is -1.18. The summed E-state index contributed by atoms with van der Waals surface area (Å²) in [4.78, 5) is 0. The first-order valence-corrected chi connectivity index (χ1v) is 5.06. The molecule has 2 radical (unpaired) electrons. The van der Waals surface area contributed by atoms with E-state index in [2.05, 4.69) is 11.3 Å². The van der Waals surface area contributed by atoms with Gasteiger partial charge in [-0.1, -0.05) is 0 Å². The lowest BCUT2D eigenvalue weighted by Gasteiger charge is -2.23. The molecule has 2 saturated heterocycles. The number of hydrogen-bond acceptors (Lipinski definition) is 5. The van der Waals surface area contributed by atoms with E-state index in [1.807, 2.05) is 0 Å². The Bertz CT molecular complexity index is 330. The normalized spacial score (nSPS) is 46.2. The molecule has 0 aromatic rings. The summed E-state index contributed by atoms with van der Waals surface area (Å²) in [6.07, 6.45) is -1.23. The standard InChI is InChI=1S/C9H10BClO5/c1-13-8-15-6-5(4-12)14-7(10)9(6,16-8)2-3-11/h5-8,12H,4H2,1H3/t5-,6?,7-,8?,9?/m1/s1. The molecule has 3 unspecified atom stereocenters. The smallest absolute Gasteiger partial charge is 0.273 e. The average Bonchev–Trinajstić information content (AvgIpc) is 2.76. The summed E-state index contributed by atoms with van der Waals surface area (Å²) in [7, 11) is 7.19. The molecular formula is C9H10BClO5. The Morgan fingerprint density at radius 3 is 2.88 bits per heavy atom. The van der Waals surface area contributed by atoms with Crippen molar-refractivity contribution < 1.29 is 24.1 Å². The number of hydrogen-bond donors (Lipinski definition) is 1. The molecule has 7 heteroatoms. The van der Waals surface area contributed by atoms with Crippen molar-refractivity contribution >= 4 is 19.4 Å². The van der Waals surface area contributed by atoms with Crippen LogP contribution in [0.3, 0.4) is 0 Å². The van der Waals surface area contributed by atoms with Gasteiger partial charge < -0.3 is 24.1 Å². The van der Waals surface area contributed by atoms with Crippen molar-refractivity contribution in [3.8, 4) is 11.3 Å². The second-order valence-electron chi connectivity index (χ2n) is 3.49. The van der Waals surface area contributed by atoms with Crippen LogP contribution < -0.4 is 0 Å². The van der Waals surface area contributed by atoms with E-state index in [-0.39, 0.29) is 6.61 Å². The summed E-state index contributed by atoms with van der Waals surface area (Å²) in [5, 5.41) is 11.3. The van der Waals surface area contributed by atoms with Crippen molar-refractivity contribution in [3.63, 3.8) is 0 Å². The quantitative estimate of drug-likeness (QED) is 0.507. The molecule has 5 nitrogen and oxygen atoms in total. The first kappa shape index (κ1) is 12.2. The summed E-state index contributed by atoms with van der Waals surface area (Å²) in [6.45, 7) is -1.13. The number of ether oxygens (including phenoxy) is 4. The summed E-state index contributed by atoms with van der Waals surface area (Å²) in [6, 6.07) is -0.846. The van der Waals surface area contributed by atoms with Crippen molar-refractivity contribution in [2.24, 2.45) is 0 Å². The number of methoxy groups -OCH3 is 1. The van der Waals surface area contributed by atoms with Gasteiger partial charge in [0.15, 0.2) is 5.60 Å². The molecule has 0 spiro atoms. The van der Waals surface area contributed by atoms with Crippen LogP contribution in [0, 0.1) is 11.3 Å². The van der Waals surface area contributed by atoms with Crippen LogP contribution in [0.4, 0.5) is 0 Å². The van der Waals surface area contributed by atoms with Crippen molar-refractivity contribution in [2.75, 3.05) is 13.7 Å². The third-order valence-electron chi connectivity index (χ3n) is 2.67. The number of fused-ring (bicyclic) bond motifs is 1. The molecule has 0 aromatic heterocycles. The predicted molar refractivity (Wildman–Crippen MR) is 54.6 cm³/mol. The van der Waals surface area contributed by atoms with Crippen molar-refractivity contribution in [1.29, 1.82) is 0 Å². The lowest BCUT2D eigenvalue weighted by molar-refractivity contribution is -0.253. The van der Waals surface area contributed by atoms with Crippen LogP contribution >= 0.6 is 11.6 Å². The maximum Gasteiger partial charge on any atom is 0.273 e. The van der Waals surface area contributed by atoms with Crippen LogP contribution in [-0.4, -0.2) is 57.0 Å². The Morgan fingerprint density at radius 2 is 2.31 bits per heavy atom. The summed E-state index contributed by atoms with van der Waals surface area (Å²) >= 11 is 5.38. The van der Waals surface area contributed by atoms with Crippen LogP contribution in [0.2, 0.25) is 0 Å². The predicted octanol–water partition coefficient (Wildman–Crippen LogP) is -0.844. The van der Waals surface area contributed by atoms with Crippen LogP contribution in [0.1, 0.15) is 0 Å². The molecule has 86 valence electrons. The Hall–Kier alpha value is -0.285. The van der Waals surface area contributed by atoms with Gasteiger partial charge in [0.1, 0.15) is 20.1 Å². The van der Waals surface area contributed by atoms with E-state index in [0.29, 0.717) is 0 Å². The first-order valence-electron chi connectivity index (χ1n) is 4.68. The number of aliphatic hydroxyl groups excluding tert-OH is 1. The van der Waals surface area contributed by atoms with E-state index in [0.717, 1.165) is 0 Å². The highest BCUT2D eigenvalue weighted by Gasteiger charge is 2.61. The Balaban J connectivity index is 2.30. The summed E-state index contributed by atoms with van der Waals surface area (Å²) in [5.74, 6) is 2.63. The molecule has 2 fully saturated rings. The second kappa shape index (κ2) is 4.53. The molecule has 2 rings (SSSR count). The van der Waals surface area contributed by atoms with E-state index in [1.165, 1.54) is 7.11 Å². The van der Waals surface area contributed by atoms with Gasteiger partial charge >= 0.3 is 0 Å². The minimum Gasteiger partial charge on any atom is -0.394 e. The SMILES string of the molecule is [B][C@@H]1O[C@H](CO)C2OC(OC)OC21C#CCl. The van der Waals surface area contributed by atoms with Crippen molar-refractivity contribution in [3.05, 3.63) is 0 Å². The first-order chi connectivity index (χ1) is 7.67. The van der Waals surface area contributed by atoms with Crippen molar-refractivity contribution in [1.82, 2.24) is 0 Å². The van der Waals surface area contributed by atoms with E-state index >= 15 is 0 Å². The minimum atomic E-state index is -1.18. The Morgan fingerprint density at radius 1 is 1.56 bits per heavy atom. The molecule has 2 aliphatic rings. The molecule has 0 saturated carbocycles. The lowest BCUT2D eigenvalue weighted by Crippen LogP contribution is -2.45. The molecule has 2 heterocycles. The molecule has 5 atom stereocenters. The monoisotopic (exact) mass is 244 g/mol. The molecule has 0 aromatic carbocycles. The van der Waals surface area contributed by atoms with Gasteiger partial charge in [-0.25, -0.2) is 0 Å². The Kier molecular flexibility index (Phi) is 3.45. The molecule has 0 aliphatic carbocycles. The fraction of sp³-hybridized carbons (Fsp3) is 0.778. The topological polar surface area (TPSA) is 57.2 Å². The molecule has 2 aliphatic heterocycles. The number of halogens is 1. The van der Waals surface area contributed by atoms with E-state index in [9.17, 15) is 0 Å². The van der Waals surface area contributed by atoms with Gasteiger partial charge in [0.25, 0.3) is 6.48 Å². The van der Waals surface area contributed by atoms with E-state index < -0.39 is 30.3 Å². The molecule has 0 bridgehead atoms. The van der Waals surface area contributed by atoms with Gasteiger partial charge in [0.05, 0.1) is 12.6 Å². The Labute approximate surface area is 99.3 Å². The highest BCUT2D eigenvalue weighted by atomic mass is 35.5. The zero-order valence-corrected chi connectivity index (χ0v) is 9.31. The van der Waals surface area contributed by atoms with Gasteiger partial charge in [0, 0.05) is 12.5 Å². The third kappa shape index (κ3) is 1.64. The molecule has 1 N–H and O–H groups in total. The molecular weight excluding hydrogens is 234 g/mol. The minimum absolute atomic E-state index is 0.246. The van der Waals surface area contributed by atoms with Crippen LogP contribution in [0.25, 0.3) is 0 Å². The zero-order valence-electron chi connectivity index (χ0n) is 8.55. The van der Waals surface area contributed by atoms with Gasteiger partial charge in [0.2, 0.25) is 0 Å². The number of aliphatic hydroxyl groups is 1. The number of rotatable bonds is 2. The van der Waals surface area contributed by atoms with Gasteiger partial charge in [-0.2, -0.15) is 0 Å². The maximum absolute atomic E-state index is 9.13. The van der Waals surface area contributed by atoms with Gasteiger partial charge in [-0.15, -0.1) is 0 Å². The van der Waals surface area contributed by atoms with Gasteiger partial charge in [-0.3, -0.25) is 0 Å². The highest BCUT2D eigenvalue weighted by Crippen LogP contribution is 2.41. The van der Waals surface area contributed by atoms with Crippen LogP contribution in [0.15, 0.2) is 0 Å². The van der Waals surface area contributed by atoms with Crippen LogP contribution in [-0.2, 0) is 18.9 Å². The highest BCUT2D eigenvalue weighted by molar-refractivity contribution is 6.30. The van der Waals surface area contributed by atoms with Gasteiger partial charge in [-0.05, 0) is 17.5 Å². The molecule has 16 heavy (non-hydrogen) atoms. The largest absolute Gasteiger partial charge is 0.394 e. The maximum atomic E-state index is 9.13. The molecule has 0 amide bonds. The third-order valence-corrected chi connectivity index (χ3v) is 2.76. The zero-order chi connectivity index (χ0) is 11.8. The van der Waals surface area contributed by atoms with Crippen LogP contribution in [0.5, 0.6) is 0 Å². The fourth-order valence-electron chi connectivity index (χ4n) is 1.92. The van der Waals surface area contributed by atoms with E-state index in [1.54, 1.807) is 0 Å².